The highest BCUT2D eigenvalue weighted by atomic mass is 32.2. The van der Waals surface area contributed by atoms with Crippen LogP contribution in [0.25, 0.3) is 0 Å². The molecule has 0 fully saturated rings. The first-order valence-electron chi connectivity index (χ1n) is 7.84. The number of ether oxygens (including phenoxy) is 2. The number of hydrogen-bond donors (Lipinski definition) is 0. The predicted octanol–water partition coefficient (Wildman–Crippen LogP) is 3.84. The largest absolute Gasteiger partial charge is 0.497 e. The van der Waals surface area contributed by atoms with Gasteiger partial charge in [0.25, 0.3) is 5.69 Å². The number of thioether (sulfide) groups is 1. The van der Waals surface area contributed by atoms with Crippen molar-refractivity contribution in [2.45, 2.75) is 11.4 Å². The first-order valence-corrected chi connectivity index (χ1v) is 8.83. The summed E-state index contributed by atoms with van der Waals surface area (Å²) >= 11 is 1.72. The van der Waals surface area contributed by atoms with Crippen LogP contribution in [-0.4, -0.2) is 42.2 Å². The maximum Gasteiger partial charge on any atom is 0.415 e. The first-order chi connectivity index (χ1) is 12.1. The summed E-state index contributed by atoms with van der Waals surface area (Å²) in [6.07, 6.45) is -0.403. The lowest BCUT2D eigenvalue weighted by atomic mass is 10.2. The molecule has 1 heterocycles. The highest BCUT2D eigenvalue weighted by Gasteiger charge is 2.21. The Balaban J connectivity index is 1.72. The summed E-state index contributed by atoms with van der Waals surface area (Å²) < 4.78 is 11.5. The zero-order valence-electron chi connectivity index (χ0n) is 14.1. The molecule has 1 aliphatic rings. The number of carbonyl (C=O) groups excluding carboxylic acids is 1. The number of amides is 1. The average molecular weight is 359 g/mol. The van der Waals surface area contributed by atoms with E-state index in [2.05, 4.69) is 0 Å². The van der Waals surface area contributed by atoms with Crippen LogP contribution in [0.4, 0.5) is 10.5 Å². The van der Waals surface area contributed by atoms with Gasteiger partial charge in [-0.25, -0.2) is 4.79 Å². The van der Waals surface area contributed by atoms with Gasteiger partial charge in [-0.3, -0.25) is 0 Å². The molecule has 1 aliphatic heterocycles. The van der Waals surface area contributed by atoms with Gasteiger partial charge >= 0.3 is 6.09 Å². The molecule has 130 valence electrons. The molecule has 0 unspecified atom stereocenters. The summed E-state index contributed by atoms with van der Waals surface area (Å²) in [6, 6.07) is 12.4. The standard InChI is InChI=1S/C18H19N2O4S/c1-19(22)14-3-5-15(6-4-14)24-18(21)20-9-10-25-17-8-7-16(23-2)11-13(17)12-20/h3-8,11H,9-10,12H2,1-2H3/q+1. The van der Waals surface area contributed by atoms with E-state index in [4.69, 9.17) is 9.47 Å². The monoisotopic (exact) mass is 359 g/mol. The van der Waals surface area contributed by atoms with E-state index in [1.54, 1.807) is 48.0 Å². The SMILES string of the molecule is COc1ccc2c(c1)CN(C(=O)Oc1ccc([N+](C)=O)cc1)CCS2. The third-order valence-electron chi connectivity index (χ3n) is 3.91. The molecule has 3 rings (SSSR count). The van der Waals surface area contributed by atoms with Gasteiger partial charge in [0, 0.05) is 39.0 Å². The maximum absolute atomic E-state index is 12.5. The summed E-state index contributed by atoms with van der Waals surface area (Å²) in [5, 5.41) is 0. The molecule has 2 aromatic rings. The van der Waals surface area contributed by atoms with Gasteiger partial charge < -0.3 is 14.4 Å². The molecular formula is C18H19N2O4S+. The summed E-state index contributed by atoms with van der Waals surface area (Å²) in [6.45, 7) is 1.07. The summed E-state index contributed by atoms with van der Waals surface area (Å²) in [7, 11) is 3.04. The number of nitrogens with zero attached hydrogens (tertiary/aromatic N) is 2. The second kappa shape index (κ2) is 7.57. The van der Waals surface area contributed by atoms with Gasteiger partial charge in [-0.2, -0.15) is 0 Å². The van der Waals surface area contributed by atoms with Crippen LogP contribution >= 0.6 is 11.8 Å². The number of fused-ring (bicyclic) bond motifs is 1. The smallest absolute Gasteiger partial charge is 0.415 e. The van der Waals surface area contributed by atoms with Crippen LogP contribution < -0.4 is 9.47 Å². The Morgan fingerprint density at radius 2 is 1.88 bits per heavy atom. The first kappa shape index (κ1) is 17.3. The van der Waals surface area contributed by atoms with Crippen molar-refractivity contribution in [3.8, 4) is 11.5 Å². The molecule has 25 heavy (non-hydrogen) atoms. The summed E-state index contributed by atoms with van der Waals surface area (Å²) in [5.41, 5.74) is 1.55. The predicted molar refractivity (Wildman–Crippen MR) is 95.8 cm³/mol. The van der Waals surface area contributed by atoms with Gasteiger partial charge in [0.05, 0.1) is 13.7 Å². The molecule has 0 bridgehead atoms. The Labute approximate surface area is 150 Å². The third kappa shape index (κ3) is 4.11. The van der Waals surface area contributed by atoms with E-state index in [0.717, 1.165) is 26.7 Å². The van der Waals surface area contributed by atoms with Crippen LogP contribution in [-0.2, 0) is 6.54 Å². The van der Waals surface area contributed by atoms with Crippen LogP contribution in [0.15, 0.2) is 47.4 Å². The van der Waals surface area contributed by atoms with Gasteiger partial charge in [-0.05, 0) is 35.9 Å². The van der Waals surface area contributed by atoms with E-state index < -0.39 is 6.09 Å². The third-order valence-corrected chi connectivity index (χ3v) is 5.01. The average Bonchev–Trinajstić information content (AvgIpc) is 2.83. The molecular weight excluding hydrogens is 340 g/mol. The van der Waals surface area contributed by atoms with E-state index in [-0.39, 0.29) is 0 Å². The van der Waals surface area contributed by atoms with Crippen molar-refractivity contribution in [3.63, 3.8) is 0 Å². The van der Waals surface area contributed by atoms with Crippen LogP contribution in [0.1, 0.15) is 5.56 Å². The number of carbonyl (C=O) groups is 1. The molecule has 7 heteroatoms. The lowest BCUT2D eigenvalue weighted by Gasteiger charge is -2.20. The second-order valence-corrected chi connectivity index (χ2v) is 6.74. The van der Waals surface area contributed by atoms with Gasteiger partial charge in [0.1, 0.15) is 11.5 Å². The van der Waals surface area contributed by atoms with Crippen molar-refractivity contribution in [3.05, 3.63) is 52.9 Å². The molecule has 0 aliphatic carbocycles. The van der Waals surface area contributed by atoms with Gasteiger partial charge in [-0.1, -0.05) is 0 Å². The fourth-order valence-electron chi connectivity index (χ4n) is 2.54. The normalized spacial score (nSPS) is 13.6. The van der Waals surface area contributed by atoms with E-state index in [0.29, 0.717) is 24.5 Å². The summed E-state index contributed by atoms with van der Waals surface area (Å²) in [5.74, 6) is 1.99. The highest BCUT2D eigenvalue weighted by molar-refractivity contribution is 7.99. The number of hydrogen-bond acceptors (Lipinski definition) is 5. The fourth-order valence-corrected chi connectivity index (χ4v) is 3.55. The molecule has 0 saturated carbocycles. The molecule has 1 amide bonds. The van der Waals surface area contributed by atoms with E-state index in [9.17, 15) is 9.70 Å². The van der Waals surface area contributed by atoms with Crippen molar-refractivity contribution >= 4 is 23.5 Å². The molecule has 2 aromatic carbocycles. The van der Waals surface area contributed by atoms with E-state index in [1.165, 1.54) is 7.05 Å². The van der Waals surface area contributed by atoms with Gasteiger partial charge in [-0.15, -0.1) is 11.8 Å². The Hall–Kier alpha value is -2.54. The maximum atomic E-state index is 12.5. The van der Waals surface area contributed by atoms with E-state index in [1.807, 2.05) is 18.2 Å². The molecule has 0 atom stereocenters. The van der Waals surface area contributed by atoms with Crippen molar-refractivity contribution in [1.82, 2.24) is 4.90 Å². The molecule has 0 aromatic heterocycles. The number of methoxy groups -OCH3 is 1. The molecule has 0 N–H and O–H groups in total. The van der Waals surface area contributed by atoms with Crippen LogP contribution in [0.2, 0.25) is 0 Å². The topological polar surface area (TPSA) is 58.8 Å². The van der Waals surface area contributed by atoms with Crippen LogP contribution in [0.3, 0.4) is 0 Å². The Morgan fingerprint density at radius 1 is 1.16 bits per heavy atom. The molecule has 6 nitrogen and oxygen atoms in total. The van der Waals surface area contributed by atoms with Crippen molar-refractivity contribution in [1.29, 1.82) is 0 Å². The molecule has 0 saturated heterocycles. The zero-order chi connectivity index (χ0) is 17.8. The van der Waals surface area contributed by atoms with Gasteiger partial charge in [0.2, 0.25) is 0 Å². The number of benzene rings is 2. The Kier molecular flexibility index (Phi) is 5.23. The van der Waals surface area contributed by atoms with Crippen LogP contribution in [0, 0.1) is 4.91 Å². The lowest BCUT2D eigenvalue weighted by Crippen LogP contribution is -2.34. The van der Waals surface area contributed by atoms with E-state index >= 15 is 0 Å². The Bertz CT molecular complexity index is 792. The van der Waals surface area contributed by atoms with Crippen molar-refractivity contribution < 1.29 is 19.0 Å². The second-order valence-electron chi connectivity index (χ2n) is 5.60. The minimum Gasteiger partial charge on any atom is -0.497 e. The minimum absolute atomic E-state index is 0.403. The lowest BCUT2D eigenvalue weighted by molar-refractivity contribution is -0.428. The molecule has 0 spiro atoms. The number of rotatable bonds is 3. The van der Waals surface area contributed by atoms with Gasteiger partial charge in [0.15, 0.2) is 7.05 Å². The zero-order valence-corrected chi connectivity index (χ0v) is 14.9. The minimum atomic E-state index is -0.403. The fraction of sp³-hybridized carbons (Fsp3) is 0.278. The van der Waals surface area contributed by atoms with Crippen LogP contribution in [0.5, 0.6) is 11.5 Å². The highest BCUT2D eigenvalue weighted by Crippen LogP contribution is 2.30. The summed E-state index contributed by atoms with van der Waals surface area (Å²) in [4.78, 5) is 26.5. The number of nitroso groups, excluding NO2 is 1. The molecule has 0 radical (unpaired) electrons. The van der Waals surface area contributed by atoms with Crippen molar-refractivity contribution in [2.24, 2.45) is 0 Å². The Morgan fingerprint density at radius 3 is 2.56 bits per heavy atom. The quantitative estimate of drug-likeness (QED) is 0.779. The van der Waals surface area contributed by atoms with Crippen molar-refractivity contribution in [2.75, 3.05) is 26.5 Å².